The number of allylic oxidation sites excluding steroid dienone is 12. The van der Waals surface area contributed by atoms with Crippen molar-refractivity contribution in [1.82, 2.24) is 10.6 Å². The number of ketones is 1. The van der Waals surface area contributed by atoms with E-state index in [4.69, 9.17) is 4.74 Å². The number of hydrogen-bond donors (Lipinski definition) is 2. The molecule has 0 fully saturated rings. The summed E-state index contributed by atoms with van der Waals surface area (Å²) in [5.41, 5.74) is 1.60. The minimum absolute atomic E-state index is 0.0903. The second-order valence-corrected chi connectivity index (χ2v) is 12.1. The van der Waals surface area contributed by atoms with Crippen LogP contribution >= 0.6 is 0 Å². The van der Waals surface area contributed by atoms with Crippen molar-refractivity contribution in [2.24, 2.45) is 5.41 Å². The minimum Gasteiger partial charge on any atom is -0.493 e. The Morgan fingerprint density at radius 2 is 1.26 bits per heavy atom. The van der Waals surface area contributed by atoms with Crippen LogP contribution in [0, 0.1) is 19.3 Å². The topological polar surface area (TPSA) is 84.5 Å². The number of aryl methyl sites for hydroxylation is 2. The van der Waals surface area contributed by atoms with Crippen LogP contribution in [0.1, 0.15) is 96.1 Å². The van der Waals surface area contributed by atoms with Crippen LogP contribution in [0.2, 0.25) is 0 Å². The number of benzene rings is 1. The van der Waals surface area contributed by atoms with E-state index in [1.807, 2.05) is 52.0 Å². The van der Waals surface area contributed by atoms with Gasteiger partial charge in [-0.2, -0.15) is 0 Å². The lowest BCUT2D eigenvalue weighted by molar-refractivity contribution is -0.131. The van der Waals surface area contributed by atoms with Crippen molar-refractivity contribution in [3.8, 4) is 5.75 Å². The van der Waals surface area contributed by atoms with Gasteiger partial charge in [-0.1, -0.05) is 106 Å². The predicted molar refractivity (Wildman–Crippen MR) is 193 cm³/mol. The standard InChI is InChI=1S/C40H58N2O4/c1-6-7-8-9-10-11-12-13-14-15-16-17-18-19-20-21-22-23-24-26-38(44)41-32-36(43)33-42-39(45)40(4,5)29-25-30-46-37-31-34(2)27-28-35(37)3/h7-8,10-11,13-14,16-17,19-20,22-23,27-28,31H,6,9,12,15,18,21,24-26,29-30,32-33H2,1-5H3,(H,41,44)(H,42,45)/b8-7-,11-10-,14-13-,17-16-,20-19-,23-22-. The summed E-state index contributed by atoms with van der Waals surface area (Å²) < 4.78 is 5.90. The fraction of sp³-hybridized carbons (Fsp3) is 0.475. The molecule has 0 heterocycles. The molecule has 0 bridgehead atoms. The Bertz CT molecular complexity index is 1220. The van der Waals surface area contributed by atoms with Crippen molar-refractivity contribution in [1.29, 1.82) is 0 Å². The number of rotatable bonds is 24. The highest BCUT2D eigenvalue weighted by molar-refractivity contribution is 5.91. The van der Waals surface area contributed by atoms with Crippen molar-refractivity contribution < 1.29 is 19.1 Å². The molecule has 252 valence electrons. The second-order valence-electron chi connectivity index (χ2n) is 12.1. The first-order valence-electron chi connectivity index (χ1n) is 16.8. The minimum atomic E-state index is -0.631. The quantitative estimate of drug-likeness (QED) is 0.0883. The number of Topliss-reactive ketones (excluding diaryl/α,β-unsaturated/α-hetero) is 1. The number of amides is 2. The lowest BCUT2D eigenvalue weighted by Crippen LogP contribution is -2.42. The average molecular weight is 631 g/mol. The largest absolute Gasteiger partial charge is 0.493 e. The zero-order valence-electron chi connectivity index (χ0n) is 29.0. The molecule has 1 rings (SSSR count). The van der Waals surface area contributed by atoms with Crippen LogP contribution in [0.4, 0.5) is 0 Å². The summed E-state index contributed by atoms with van der Waals surface area (Å²) in [4.78, 5) is 37.0. The molecule has 0 aromatic heterocycles. The normalized spacial score (nSPS) is 12.5. The zero-order chi connectivity index (χ0) is 33.9. The molecule has 2 N–H and O–H groups in total. The number of ether oxygens (including phenoxy) is 1. The number of carbonyl (C=O) groups is 3. The van der Waals surface area contributed by atoms with Crippen molar-refractivity contribution in [2.75, 3.05) is 19.7 Å². The highest BCUT2D eigenvalue weighted by Crippen LogP contribution is 2.24. The molecule has 0 unspecified atom stereocenters. The van der Waals surface area contributed by atoms with Gasteiger partial charge in [-0.25, -0.2) is 0 Å². The highest BCUT2D eigenvalue weighted by atomic mass is 16.5. The second kappa shape index (κ2) is 25.3. The van der Waals surface area contributed by atoms with Crippen LogP contribution < -0.4 is 15.4 Å². The van der Waals surface area contributed by atoms with E-state index >= 15 is 0 Å². The van der Waals surface area contributed by atoms with Crippen molar-refractivity contribution in [3.05, 3.63) is 102 Å². The van der Waals surface area contributed by atoms with Gasteiger partial charge in [-0.3, -0.25) is 14.4 Å². The van der Waals surface area contributed by atoms with E-state index in [1.54, 1.807) is 0 Å². The summed E-state index contributed by atoms with van der Waals surface area (Å²) >= 11 is 0. The summed E-state index contributed by atoms with van der Waals surface area (Å²) in [5.74, 6) is 0.275. The molecule has 1 aromatic rings. The van der Waals surface area contributed by atoms with Gasteiger partial charge in [0, 0.05) is 11.8 Å². The summed E-state index contributed by atoms with van der Waals surface area (Å²) in [7, 11) is 0. The Kier molecular flexibility index (Phi) is 22.0. The van der Waals surface area contributed by atoms with Gasteiger partial charge in [0.1, 0.15) is 5.75 Å². The van der Waals surface area contributed by atoms with E-state index in [0.29, 0.717) is 32.3 Å². The molecule has 0 radical (unpaired) electrons. The van der Waals surface area contributed by atoms with Crippen LogP contribution in [0.15, 0.2) is 91.1 Å². The smallest absolute Gasteiger partial charge is 0.226 e. The molecule has 6 nitrogen and oxygen atoms in total. The van der Waals surface area contributed by atoms with Crippen molar-refractivity contribution in [2.45, 2.75) is 98.8 Å². The molecule has 0 atom stereocenters. The van der Waals surface area contributed by atoms with Gasteiger partial charge in [-0.05, 0) is 88.8 Å². The Hall–Kier alpha value is -3.93. The summed E-state index contributed by atoms with van der Waals surface area (Å²) in [5, 5.41) is 5.37. The first-order valence-corrected chi connectivity index (χ1v) is 16.8. The summed E-state index contributed by atoms with van der Waals surface area (Å²) in [6.45, 7) is 10.2. The van der Waals surface area contributed by atoms with Crippen LogP contribution in [0.25, 0.3) is 0 Å². The monoisotopic (exact) mass is 630 g/mol. The first-order chi connectivity index (χ1) is 22.2. The third-order valence-electron chi connectivity index (χ3n) is 7.23. The van der Waals surface area contributed by atoms with Crippen molar-refractivity contribution >= 4 is 17.6 Å². The van der Waals surface area contributed by atoms with Gasteiger partial charge >= 0.3 is 0 Å². The van der Waals surface area contributed by atoms with E-state index in [-0.39, 0.29) is 30.7 Å². The molecular weight excluding hydrogens is 572 g/mol. The maximum Gasteiger partial charge on any atom is 0.226 e. The number of nitrogens with one attached hydrogen (secondary N) is 2. The van der Waals surface area contributed by atoms with Crippen LogP contribution in [0.3, 0.4) is 0 Å². The van der Waals surface area contributed by atoms with Crippen LogP contribution in [-0.2, 0) is 14.4 Å². The maximum absolute atomic E-state index is 12.7. The molecular formula is C40H58N2O4. The fourth-order valence-electron chi connectivity index (χ4n) is 4.29. The first kappa shape index (κ1) is 40.1. The van der Waals surface area contributed by atoms with E-state index in [9.17, 15) is 14.4 Å². The third kappa shape index (κ3) is 20.9. The van der Waals surface area contributed by atoms with Crippen LogP contribution in [-0.4, -0.2) is 37.3 Å². The van der Waals surface area contributed by atoms with Gasteiger partial charge in [0.25, 0.3) is 0 Å². The van der Waals surface area contributed by atoms with Gasteiger partial charge in [0.2, 0.25) is 11.8 Å². The molecule has 6 heteroatoms. The van der Waals surface area contributed by atoms with Gasteiger partial charge in [0.15, 0.2) is 5.78 Å². The number of carbonyl (C=O) groups excluding carboxylic acids is 3. The number of hydrogen-bond acceptors (Lipinski definition) is 4. The van der Waals surface area contributed by atoms with Gasteiger partial charge < -0.3 is 15.4 Å². The molecule has 0 spiro atoms. The molecule has 0 saturated heterocycles. The highest BCUT2D eigenvalue weighted by Gasteiger charge is 2.27. The molecule has 0 aliphatic carbocycles. The molecule has 46 heavy (non-hydrogen) atoms. The Balaban J connectivity index is 2.10. The van der Waals surface area contributed by atoms with E-state index in [1.165, 1.54) is 0 Å². The molecule has 1 aromatic carbocycles. The molecule has 0 saturated carbocycles. The molecule has 0 aliphatic heterocycles. The lowest BCUT2D eigenvalue weighted by atomic mass is 9.87. The summed E-state index contributed by atoms with van der Waals surface area (Å²) in [6.07, 6.45) is 33.8. The Morgan fingerprint density at radius 3 is 1.83 bits per heavy atom. The third-order valence-corrected chi connectivity index (χ3v) is 7.23. The van der Waals surface area contributed by atoms with Crippen molar-refractivity contribution in [3.63, 3.8) is 0 Å². The van der Waals surface area contributed by atoms with E-state index < -0.39 is 5.41 Å². The fourth-order valence-corrected chi connectivity index (χ4v) is 4.29. The molecule has 0 aliphatic rings. The Labute approximate surface area is 278 Å². The van der Waals surface area contributed by atoms with Gasteiger partial charge in [-0.15, -0.1) is 0 Å². The summed E-state index contributed by atoms with van der Waals surface area (Å²) in [6, 6.07) is 6.10. The van der Waals surface area contributed by atoms with Gasteiger partial charge in [0.05, 0.1) is 19.7 Å². The predicted octanol–water partition coefficient (Wildman–Crippen LogP) is 8.77. The SMILES string of the molecule is CC/C=C\C/C=C\C/C=C\C/C=C\C/C=C\C/C=C\CCC(=O)NCC(=O)CNC(=O)C(C)(C)CCCOc1cc(C)ccc1C. The maximum atomic E-state index is 12.7. The van der Waals surface area contributed by atoms with Crippen LogP contribution in [0.5, 0.6) is 5.75 Å². The molecule has 2 amide bonds. The lowest BCUT2D eigenvalue weighted by Gasteiger charge is -2.23. The average Bonchev–Trinajstić information content (AvgIpc) is 3.03. The zero-order valence-corrected chi connectivity index (χ0v) is 29.0. The van der Waals surface area contributed by atoms with E-state index in [0.717, 1.165) is 55.4 Å². The van der Waals surface area contributed by atoms with E-state index in [2.05, 4.69) is 84.4 Å². The Morgan fingerprint density at radius 1 is 0.739 bits per heavy atom.